The van der Waals surface area contributed by atoms with E-state index >= 15 is 0 Å². The Balaban J connectivity index is 2.12. The van der Waals surface area contributed by atoms with Gasteiger partial charge in [0, 0.05) is 45.1 Å². The molecule has 1 heterocycles. The summed E-state index contributed by atoms with van der Waals surface area (Å²) in [4.78, 5) is 2.65. The van der Waals surface area contributed by atoms with E-state index in [-0.39, 0.29) is 12.0 Å². The predicted octanol–water partition coefficient (Wildman–Crippen LogP) is 8.87. The molecule has 0 N–H and O–H groups in total. The topological polar surface area (TPSA) is 17.8 Å². The van der Waals surface area contributed by atoms with Crippen molar-refractivity contribution in [1.29, 1.82) is 0 Å². The zero-order chi connectivity index (χ0) is 25.9. The van der Waals surface area contributed by atoms with Crippen LogP contribution in [0, 0.1) is 33.8 Å². The second-order valence-corrected chi connectivity index (χ2v) is 16.2. The van der Waals surface area contributed by atoms with Crippen molar-refractivity contribution in [3.05, 3.63) is 64.3 Å². The highest BCUT2D eigenvalue weighted by atomic mass is 79.9. The van der Waals surface area contributed by atoms with E-state index in [1.165, 1.54) is 6.07 Å². The summed E-state index contributed by atoms with van der Waals surface area (Å²) >= 11 is 9.73. The quantitative estimate of drug-likeness (QED) is 0.212. The van der Waals surface area contributed by atoms with Gasteiger partial charge >= 0.3 is 0 Å². The fraction of sp³-hybridized carbons (Fsp3) is 0.393. The predicted molar refractivity (Wildman–Crippen MR) is 148 cm³/mol. The molecule has 2 aromatic carbocycles. The van der Waals surface area contributed by atoms with Crippen molar-refractivity contribution in [2.24, 2.45) is 0 Å². The van der Waals surface area contributed by atoms with Gasteiger partial charge in [0.25, 0.3) is 0 Å². The Morgan fingerprint density at radius 3 is 2.29 bits per heavy atom. The maximum atomic E-state index is 14.6. The summed E-state index contributed by atoms with van der Waals surface area (Å²) in [6, 6.07) is 6.57. The lowest BCUT2D eigenvalue weighted by Crippen LogP contribution is -2.43. The first kappa shape index (κ1) is 27.5. The average Bonchev–Trinajstić information content (AvgIpc) is 3.20. The van der Waals surface area contributed by atoms with E-state index in [2.05, 4.69) is 84.8 Å². The highest BCUT2D eigenvalue weighted by Gasteiger charge is 2.41. The van der Waals surface area contributed by atoms with Crippen molar-refractivity contribution >= 4 is 46.5 Å². The van der Waals surface area contributed by atoms with E-state index in [9.17, 15) is 8.78 Å². The Morgan fingerprint density at radius 1 is 1.03 bits per heavy atom. The van der Waals surface area contributed by atoms with Crippen molar-refractivity contribution < 1.29 is 8.78 Å². The zero-order valence-electron chi connectivity index (χ0n) is 20.9. The van der Waals surface area contributed by atoms with Gasteiger partial charge in [-0.3, -0.25) is 4.68 Å². The molecule has 0 aliphatic carbocycles. The minimum absolute atomic E-state index is 0.186. The van der Waals surface area contributed by atoms with Gasteiger partial charge in [-0.1, -0.05) is 65.0 Å². The van der Waals surface area contributed by atoms with E-state index in [1.54, 1.807) is 10.9 Å². The monoisotopic (exact) mass is 574 g/mol. The van der Waals surface area contributed by atoms with Crippen LogP contribution in [0.5, 0.6) is 0 Å². The lowest BCUT2D eigenvalue weighted by molar-refractivity contribution is 0.495. The Morgan fingerprint density at radius 2 is 1.69 bits per heavy atom. The molecule has 0 fully saturated rings. The number of aromatic nitrogens is 2. The summed E-state index contributed by atoms with van der Waals surface area (Å²) in [6.45, 7) is 13.7. The van der Waals surface area contributed by atoms with Crippen molar-refractivity contribution in [2.45, 2.75) is 70.6 Å². The average molecular weight is 576 g/mol. The van der Waals surface area contributed by atoms with E-state index in [1.807, 2.05) is 12.1 Å². The largest absolute Gasteiger partial charge is 0.263 e. The van der Waals surface area contributed by atoms with Gasteiger partial charge in [0.15, 0.2) is 0 Å². The molecule has 0 aliphatic rings. The second-order valence-electron chi connectivity index (χ2n) is 9.80. The number of nitrogens with zero attached hydrogens (tertiary/aromatic N) is 2. The third-order valence-electron chi connectivity index (χ3n) is 6.88. The van der Waals surface area contributed by atoms with Crippen LogP contribution in [0.4, 0.5) is 8.78 Å². The fourth-order valence-corrected chi connectivity index (χ4v) is 10.8. The molecule has 0 amide bonds. The summed E-state index contributed by atoms with van der Waals surface area (Å²) in [6.07, 6.45) is 2.00. The molecule has 3 aromatic rings. The van der Waals surface area contributed by atoms with Crippen LogP contribution in [0.1, 0.15) is 65.1 Å². The van der Waals surface area contributed by atoms with E-state index in [4.69, 9.17) is 11.6 Å². The first-order valence-electron chi connectivity index (χ1n) is 11.8. The lowest BCUT2D eigenvalue weighted by atomic mass is 10.0. The molecule has 1 unspecified atom stereocenters. The smallest absolute Gasteiger partial charge is 0.146 e. The number of hydrogen-bond acceptors (Lipinski definition) is 1. The van der Waals surface area contributed by atoms with Gasteiger partial charge in [0.1, 0.15) is 19.7 Å². The maximum absolute atomic E-state index is 14.6. The summed E-state index contributed by atoms with van der Waals surface area (Å²) in [5, 5.41) is 5.94. The second kappa shape index (κ2) is 11.3. The Bertz CT molecular complexity index is 1320. The molecule has 0 spiro atoms. The van der Waals surface area contributed by atoms with E-state index in [0.29, 0.717) is 27.2 Å². The highest BCUT2D eigenvalue weighted by Crippen LogP contribution is 2.41. The van der Waals surface area contributed by atoms with Gasteiger partial charge in [-0.05, 0) is 51.8 Å². The first-order valence-corrected chi connectivity index (χ1v) is 15.2. The zero-order valence-corrected chi connectivity index (χ0v) is 24.2. The molecule has 184 valence electrons. The van der Waals surface area contributed by atoms with Crippen molar-refractivity contribution in [3.8, 4) is 22.2 Å². The molecule has 0 saturated heterocycles. The van der Waals surface area contributed by atoms with Gasteiger partial charge in [0.05, 0.1) is 16.6 Å². The Hall–Kier alpha value is -2.12. The lowest BCUT2D eigenvalue weighted by Gasteiger charge is -2.38. The van der Waals surface area contributed by atoms with Crippen molar-refractivity contribution in [3.63, 3.8) is 0 Å². The van der Waals surface area contributed by atoms with Crippen molar-refractivity contribution in [1.82, 2.24) is 9.78 Å². The van der Waals surface area contributed by atoms with Gasteiger partial charge in [-0.15, -0.1) is 5.54 Å². The Kier molecular flexibility index (Phi) is 8.86. The number of fused-ring (bicyclic) bond motifs is 1. The number of halogens is 4. The normalized spacial score (nSPS) is 12.6. The van der Waals surface area contributed by atoms with Crippen LogP contribution in [0.3, 0.4) is 0 Å². The van der Waals surface area contributed by atoms with Crippen LogP contribution < -0.4 is 0 Å². The molecule has 3 rings (SSSR count). The van der Waals surface area contributed by atoms with Crippen LogP contribution in [-0.2, 0) is 0 Å². The SMILES string of the molecule is CC(C)[Si](C#Cc1cc(Cl)c2cn(C(CC#CBr)c3cc(F)ccc3F)nc2c1)(C(C)C)C(C)C. The van der Waals surface area contributed by atoms with Crippen LogP contribution in [0.2, 0.25) is 21.6 Å². The summed E-state index contributed by atoms with van der Waals surface area (Å²) in [7, 11) is -1.91. The molecule has 0 saturated carbocycles. The Labute approximate surface area is 221 Å². The molecule has 2 nitrogen and oxygen atoms in total. The molecule has 1 atom stereocenters. The van der Waals surface area contributed by atoms with Gasteiger partial charge in [-0.2, -0.15) is 5.10 Å². The minimum Gasteiger partial charge on any atom is -0.263 e. The van der Waals surface area contributed by atoms with Gasteiger partial charge in [0.2, 0.25) is 0 Å². The molecule has 35 heavy (non-hydrogen) atoms. The minimum atomic E-state index is -1.91. The molecule has 7 heteroatoms. The molecule has 0 bridgehead atoms. The summed E-state index contributed by atoms with van der Waals surface area (Å²) < 4.78 is 30.2. The number of hydrogen-bond donors (Lipinski definition) is 0. The van der Waals surface area contributed by atoms with E-state index in [0.717, 1.165) is 23.1 Å². The third kappa shape index (κ3) is 5.66. The first-order chi connectivity index (χ1) is 16.5. The molecular formula is C28H30BrClF2N2Si. The third-order valence-corrected chi connectivity index (χ3v) is 13.8. The van der Waals surface area contributed by atoms with Crippen LogP contribution in [0.15, 0.2) is 36.5 Å². The molecular weight excluding hydrogens is 546 g/mol. The summed E-state index contributed by atoms with van der Waals surface area (Å²) in [5.74, 6) is 5.29. The summed E-state index contributed by atoms with van der Waals surface area (Å²) in [5.41, 5.74) is 6.92. The van der Waals surface area contributed by atoms with Crippen LogP contribution >= 0.6 is 27.5 Å². The molecule has 0 radical (unpaired) electrons. The van der Waals surface area contributed by atoms with E-state index < -0.39 is 25.8 Å². The molecule has 1 aromatic heterocycles. The molecule has 0 aliphatic heterocycles. The number of rotatable bonds is 6. The van der Waals surface area contributed by atoms with Crippen LogP contribution in [-0.4, -0.2) is 17.9 Å². The fourth-order valence-electron chi connectivity index (χ4n) is 5.20. The van der Waals surface area contributed by atoms with Gasteiger partial charge < -0.3 is 0 Å². The number of benzene rings is 2. The van der Waals surface area contributed by atoms with Gasteiger partial charge in [-0.25, -0.2) is 8.78 Å². The maximum Gasteiger partial charge on any atom is 0.146 e. The van der Waals surface area contributed by atoms with Crippen molar-refractivity contribution in [2.75, 3.05) is 0 Å². The van der Waals surface area contributed by atoms with Crippen LogP contribution in [0.25, 0.3) is 10.9 Å². The standard InChI is InChI=1S/C28H30BrClF2N2Si/c1-18(2)35(19(3)4,20(5)6)13-11-21-14-25(30)24-17-34(33-27(24)15-21)28(8-7-12-29)23-16-22(31)9-10-26(23)32/h9-10,14-20,28H,8H2,1-6H3. The highest BCUT2D eigenvalue weighted by molar-refractivity contribution is 9.12.